The van der Waals surface area contributed by atoms with Gasteiger partial charge in [0.1, 0.15) is 11.4 Å². The summed E-state index contributed by atoms with van der Waals surface area (Å²) in [5.41, 5.74) is 0.906. The number of aromatic hydroxyl groups is 1. The molecule has 0 radical (unpaired) electrons. The molecule has 39 heavy (non-hydrogen) atoms. The maximum absolute atomic E-state index is 13.2. The molecule has 2 aromatic rings. The van der Waals surface area contributed by atoms with E-state index in [1.54, 1.807) is 18.2 Å². The molecular weight excluding hydrogens is 518 g/mol. The summed E-state index contributed by atoms with van der Waals surface area (Å²) < 4.78 is 29.1. The molecule has 0 bridgehead atoms. The van der Waals surface area contributed by atoms with Crippen LogP contribution in [0, 0.1) is 24.7 Å². The van der Waals surface area contributed by atoms with E-state index in [0.717, 1.165) is 53.1 Å². The van der Waals surface area contributed by atoms with Gasteiger partial charge in [-0.1, -0.05) is 19.9 Å². The number of carbonyl (C=O) groups is 1. The number of aliphatic imine (C=N–C) groups is 1. The molecule has 1 aromatic heterocycles. The van der Waals surface area contributed by atoms with E-state index in [-0.39, 0.29) is 30.6 Å². The zero-order valence-electron chi connectivity index (χ0n) is 22.9. The molecule has 3 aliphatic rings. The summed E-state index contributed by atoms with van der Waals surface area (Å²) in [5, 5.41) is 13.0. The Morgan fingerprint density at radius 3 is 2.41 bits per heavy atom. The van der Waals surface area contributed by atoms with Crippen LogP contribution < -0.4 is 11.0 Å². The second-order valence-electron chi connectivity index (χ2n) is 11.7. The Kier molecular flexibility index (Phi) is 7.49. The summed E-state index contributed by atoms with van der Waals surface area (Å²) in [6.07, 6.45) is 6.74. The van der Waals surface area contributed by atoms with Crippen molar-refractivity contribution >= 4 is 21.8 Å². The van der Waals surface area contributed by atoms with E-state index < -0.39 is 21.3 Å². The Labute approximate surface area is 229 Å². The fourth-order valence-electron chi connectivity index (χ4n) is 6.34. The van der Waals surface area contributed by atoms with E-state index in [1.807, 2.05) is 6.92 Å². The molecular formula is C28H39N5O5S. The monoisotopic (exact) mass is 557 g/mol. The summed E-state index contributed by atoms with van der Waals surface area (Å²) in [6, 6.07) is 5.24. The first-order valence-electron chi connectivity index (χ1n) is 14.0. The van der Waals surface area contributed by atoms with Gasteiger partial charge in [-0.2, -0.15) is 0 Å². The molecule has 2 fully saturated rings. The number of amidine groups is 1. The largest absolute Gasteiger partial charge is 0.493 e. The van der Waals surface area contributed by atoms with Gasteiger partial charge in [-0.15, -0.1) is 0 Å². The Morgan fingerprint density at radius 2 is 1.82 bits per heavy atom. The molecule has 10 nitrogen and oxygen atoms in total. The van der Waals surface area contributed by atoms with Crippen LogP contribution in [-0.2, 0) is 21.2 Å². The van der Waals surface area contributed by atoms with Gasteiger partial charge in [0.25, 0.3) is 5.91 Å². The number of nitrogens with one attached hydrogen (secondary N) is 2. The van der Waals surface area contributed by atoms with Crippen LogP contribution in [0.4, 0.5) is 0 Å². The van der Waals surface area contributed by atoms with Gasteiger partial charge in [-0.25, -0.2) is 22.1 Å². The number of carbonyl (C=O) groups excluding carboxylic acids is 1. The standard InChI is InChI=1S/C28H39N5O5S/c1-18(2)20-4-6-22(7-5-20)25-30-26(35)28(31-25)11-13-32(14-12-28)39(37,38)15-10-21-8-9-23(16-19(21)3)33-24(34)17-29-27(33)36/h8-9,16-18,20,22,34H,4-7,10-15H2,1-3H3,(H,29,36)(H,30,31,35). The predicted molar refractivity (Wildman–Crippen MR) is 150 cm³/mol. The van der Waals surface area contributed by atoms with E-state index >= 15 is 0 Å². The van der Waals surface area contributed by atoms with E-state index in [1.165, 1.54) is 10.5 Å². The molecule has 3 heterocycles. The minimum absolute atomic E-state index is 0.0463. The van der Waals surface area contributed by atoms with Crippen LogP contribution in [-0.4, -0.2) is 63.5 Å². The van der Waals surface area contributed by atoms with Gasteiger partial charge in [0.05, 0.1) is 17.6 Å². The first-order chi connectivity index (χ1) is 18.5. The number of rotatable bonds is 7. The van der Waals surface area contributed by atoms with Crippen molar-refractivity contribution < 1.29 is 18.3 Å². The van der Waals surface area contributed by atoms with Crippen LogP contribution in [0.3, 0.4) is 0 Å². The summed E-state index contributed by atoms with van der Waals surface area (Å²) in [4.78, 5) is 32.3. The number of hydrogen-bond donors (Lipinski definition) is 3. The fourth-order valence-corrected chi connectivity index (χ4v) is 7.82. The highest BCUT2D eigenvalue weighted by Gasteiger charge is 2.48. The zero-order chi connectivity index (χ0) is 27.9. The van der Waals surface area contributed by atoms with Crippen molar-refractivity contribution in [3.8, 4) is 11.6 Å². The molecule has 0 unspecified atom stereocenters. The van der Waals surface area contributed by atoms with Gasteiger partial charge in [0.2, 0.25) is 15.9 Å². The van der Waals surface area contributed by atoms with Crippen molar-refractivity contribution in [1.29, 1.82) is 0 Å². The van der Waals surface area contributed by atoms with Gasteiger partial charge in [0.15, 0.2) is 0 Å². The zero-order valence-corrected chi connectivity index (χ0v) is 23.8. The number of amides is 1. The minimum Gasteiger partial charge on any atom is -0.493 e. The Hall–Kier alpha value is -2.92. The van der Waals surface area contributed by atoms with Gasteiger partial charge in [0, 0.05) is 19.0 Å². The van der Waals surface area contributed by atoms with E-state index in [9.17, 15) is 23.1 Å². The number of benzene rings is 1. The second-order valence-corrected chi connectivity index (χ2v) is 13.8. The molecule has 1 aliphatic carbocycles. The normalized spacial score (nSPS) is 23.8. The maximum atomic E-state index is 13.2. The molecule has 11 heteroatoms. The number of aromatic nitrogens is 2. The lowest BCUT2D eigenvalue weighted by Gasteiger charge is -2.34. The molecule has 212 valence electrons. The van der Waals surface area contributed by atoms with Gasteiger partial charge in [-0.3, -0.25) is 9.79 Å². The Morgan fingerprint density at radius 1 is 1.13 bits per heavy atom. The number of imidazole rings is 1. The maximum Gasteiger partial charge on any atom is 0.333 e. The molecule has 1 saturated heterocycles. The molecule has 3 N–H and O–H groups in total. The fraction of sp³-hybridized carbons (Fsp3) is 0.607. The number of H-pyrrole nitrogens is 1. The third kappa shape index (κ3) is 5.43. The highest BCUT2D eigenvalue weighted by molar-refractivity contribution is 7.89. The first kappa shape index (κ1) is 27.6. The third-order valence-electron chi connectivity index (χ3n) is 9.01. The van der Waals surface area contributed by atoms with Crippen LogP contribution in [0.1, 0.15) is 63.5 Å². The van der Waals surface area contributed by atoms with Crippen LogP contribution in [0.15, 0.2) is 34.2 Å². The average Bonchev–Trinajstić information content (AvgIpc) is 3.41. The number of piperidine rings is 1. The summed E-state index contributed by atoms with van der Waals surface area (Å²) in [6.45, 7) is 6.96. The highest BCUT2D eigenvalue weighted by Crippen LogP contribution is 2.37. The minimum atomic E-state index is -3.52. The van der Waals surface area contributed by atoms with Crippen molar-refractivity contribution in [2.45, 2.75) is 71.3 Å². The van der Waals surface area contributed by atoms with Gasteiger partial charge in [-0.05, 0) is 87.0 Å². The lowest BCUT2D eigenvalue weighted by atomic mass is 9.76. The number of hydrogen-bond acceptors (Lipinski definition) is 6. The van der Waals surface area contributed by atoms with Gasteiger partial charge < -0.3 is 15.4 Å². The Bertz CT molecular complexity index is 1420. The van der Waals surface area contributed by atoms with Crippen LogP contribution in [0.5, 0.6) is 5.88 Å². The Balaban J connectivity index is 1.19. The number of nitrogens with zero attached hydrogens (tertiary/aromatic N) is 3. The summed E-state index contributed by atoms with van der Waals surface area (Å²) >= 11 is 0. The third-order valence-corrected chi connectivity index (χ3v) is 10.9. The molecule has 2 aliphatic heterocycles. The van der Waals surface area contributed by atoms with Crippen LogP contribution >= 0.6 is 0 Å². The molecule has 0 atom stereocenters. The summed E-state index contributed by atoms with van der Waals surface area (Å²) in [7, 11) is -3.52. The quantitative estimate of drug-likeness (QED) is 0.481. The SMILES string of the molecule is Cc1cc(-n2c(O)c[nH]c2=O)ccc1CCS(=O)(=O)N1CCC2(CC1)N=C(C1CCC(C(C)C)CC1)NC2=O. The number of sulfonamides is 1. The molecule has 1 amide bonds. The lowest BCUT2D eigenvalue weighted by molar-refractivity contribution is -0.125. The number of aryl methyl sites for hydroxylation is 2. The first-order valence-corrected chi connectivity index (χ1v) is 15.6. The molecule has 5 rings (SSSR count). The van der Waals surface area contributed by atoms with Crippen molar-refractivity contribution in [2.24, 2.45) is 22.7 Å². The van der Waals surface area contributed by atoms with E-state index in [4.69, 9.17) is 4.99 Å². The predicted octanol–water partition coefficient (Wildman–Crippen LogP) is 2.88. The highest BCUT2D eigenvalue weighted by atomic mass is 32.2. The van der Waals surface area contributed by atoms with Crippen LogP contribution in [0.25, 0.3) is 5.69 Å². The molecule has 1 saturated carbocycles. The van der Waals surface area contributed by atoms with E-state index in [0.29, 0.717) is 36.8 Å². The summed E-state index contributed by atoms with van der Waals surface area (Å²) in [5.74, 6) is 2.20. The van der Waals surface area contributed by atoms with Crippen molar-refractivity contribution in [3.05, 3.63) is 46.0 Å². The lowest BCUT2D eigenvalue weighted by Crippen LogP contribution is -2.51. The topological polar surface area (TPSA) is 137 Å². The number of aromatic amines is 1. The van der Waals surface area contributed by atoms with E-state index in [2.05, 4.69) is 24.1 Å². The average molecular weight is 558 g/mol. The van der Waals surface area contributed by atoms with Gasteiger partial charge >= 0.3 is 5.69 Å². The van der Waals surface area contributed by atoms with Crippen LogP contribution in [0.2, 0.25) is 0 Å². The van der Waals surface area contributed by atoms with Crippen molar-refractivity contribution in [2.75, 3.05) is 18.8 Å². The molecule has 1 aromatic carbocycles. The van der Waals surface area contributed by atoms with Crippen molar-refractivity contribution in [1.82, 2.24) is 19.2 Å². The van der Waals surface area contributed by atoms with Crippen molar-refractivity contribution in [3.63, 3.8) is 0 Å². The smallest absolute Gasteiger partial charge is 0.333 e. The second kappa shape index (κ2) is 10.6. The molecule has 1 spiro atoms.